The summed E-state index contributed by atoms with van der Waals surface area (Å²) >= 11 is 6.04. The van der Waals surface area contributed by atoms with Crippen LogP contribution in [0.5, 0.6) is 5.75 Å². The first-order valence-corrected chi connectivity index (χ1v) is 11.0. The van der Waals surface area contributed by atoms with Crippen molar-refractivity contribution in [2.45, 2.75) is 4.90 Å². The molecule has 7 nitrogen and oxygen atoms in total. The Morgan fingerprint density at radius 1 is 0.968 bits per heavy atom. The highest BCUT2D eigenvalue weighted by molar-refractivity contribution is 7.92. The van der Waals surface area contributed by atoms with E-state index in [4.69, 9.17) is 11.6 Å². The highest BCUT2D eigenvalue weighted by Gasteiger charge is 2.27. The molecule has 1 amide bonds. The summed E-state index contributed by atoms with van der Waals surface area (Å²) in [6.45, 7) is 3.25. The molecular formula is C22H20ClN3O4S. The molecule has 160 valence electrons. The molecule has 0 radical (unpaired) electrons. The molecule has 0 bridgehead atoms. The first kappa shape index (κ1) is 22.2. The lowest BCUT2D eigenvalue weighted by Gasteiger charge is -2.24. The molecule has 0 spiro atoms. The van der Waals surface area contributed by atoms with Gasteiger partial charge in [-0.3, -0.25) is 20.0 Å². The van der Waals surface area contributed by atoms with Gasteiger partial charge in [0, 0.05) is 10.6 Å². The molecule has 0 heterocycles. The fourth-order valence-corrected chi connectivity index (χ4v) is 4.40. The van der Waals surface area contributed by atoms with Crippen LogP contribution < -0.4 is 15.2 Å². The average Bonchev–Trinajstić information content (AvgIpc) is 2.76. The lowest BCUT2D eigenvalue weighted by Crippen LogP contribution is -2.45. The Kier molecular flexibility index (Phi) is 6.84. The summed E-state index contributed by atoms with van der Waals surface area (Å²) in [7, 11) is -4.04. The van der Waals surface area contributed by atoms with Gasteiger partial charge in [-0.05, 0) is 42.5 Å². The van der Waals surface area contributed by atoms with E-state index in [1.807, 2.05) is 0 Å². The van der Waals surface area contributed by atoms with Crippen molar-refractivity contribution in [3.8, 4) is 5.75 Å². The summed E-state index contributed by atoms with van der Waals surface area (Å²) in [5.41, 5.74) is 5.88. The molecular weight excluding hydrogens is 438 g/mol. The number of nitrogens with one attached hydrogen (secondary N) is 2. The molecule has 0 aromatic heterocycles. The molecule has 0 aliphatic carbocycles. The van der Waals surface area contributed by atoms with Crippen molar-refractivity contribution in [3.05, 3.63) is 96.0 Å². The number of phenolic OH excluding ortho intramolecular Hbond substituents is 1. The number of hydrazine groups is 1. The van der Waals surface area contributed by atoms with Crippen LogP contribution in [0.3, 0.4) is 0 Å². The maximum atomic E-state index is 13.2. The molecule has 3 aromatic carbocycles. The normalized spacial score (nSPS) is 10.9. The number of anilines is 1. The SMILES string of the molecule is C=C(NNC(=O)CN(c1cccc(Cl)c1)S(=O)(=O)c1ccccc1)c1ccccc1O. The molecule has 9 heteroatoms. The zero-order valence-electron chi connectivity index (χ0n) is 16.3. The Morgan fingerprint density at radius 2 is 1.65 bits per heavy atom. The van der Waals surface area contributed by atoms with Gasteiger partial charge in [0.2, 0.25) is 0 Å². The van der Waals surface area contributed by atoms with Gasteiger partial charge in [-0.15, -0.1) is 0 Å². The van der Waals surface area contributed by atoms with Gasteiger partial charge in [0.15, 0.2) is 0 Å². The molecule has 31 heavy (non-hydrogen) atoms. The lowest BCUT2D eigenvalue weighted by atomic mass is 10.1. The standard InChI is InChI=1S/C22H20ClN3O4S/c1-16(20-12-5-6-13-21(20)27)24-25-22(28)15-26(18-9-7-8-17(23)14-18)31(29,30)19-10-3-2-4-11-19/h2-14,24,27H,1,15H2,(H,25,28). The molecule has 0 saturated heterocycles. The molecule has 3 rings (SSSR count). The van der Waals surface area contributed by atoms with Crippen molar-refractivity contribution < 1.29 is 18.3 Å². The van der Waals surface area contributed by atoms with Gasteiger partial charge in [0.05, 0.1) is 16.3 Å². The summed E-state index contributed by atoms with van der Waals surface area (Å²) in [5.74, 6) is -0.655. The van der Waals surface area contributed by atoms with Gasteiger partial charge in [-0.2, -0.15) is 0 Å². The van der Waals surface area contributed by atoms with E-state index in [0.29, 0.717) is 10.6 Å². The fourth-order valence-electron chi connectivity index (χ4n) is 2.78. The molecule has 0 atom stereocenters. The van der Waals surface area contributed by atoms with Gasteiger partial charge in [-0.1, -0.05) is 54.6 Å². The molecule has 0 unspecified atom stereocenters. The fraction of sp³-hybridized carbons (Fsp3) is 0.0455. The lowest BCUT2D eigenvalue weighted by molar-refractivity contribution is -0.120. The van der Waals surface area contributed by atoms with Crippen LogP contribution >= 0.6 is 11.6 Å². The van der Waals surface area contributed by atoms with E-state index in [0.717, 1.165) is 4.31 Å². The first-order chi connectivity index (χ1) is 14.8. The number of hydrogen-bond donors (Lipinski definition) is 3. The van der Waals surface area contributed by atoms with Crippen LogP contribution in [0.1, 0.15) is 5.56 Å². The second kappa shape index (κ2) is 9.55. The minimum absolute atomic E-state index is 0.0125. The quantitative estimate of drug-likeness (QED) is 0.449. The van der Waals surface area contributed by atoms with E-state index in [2.05, 4.69) is 17.4 Å². The predicted molar refractivity (Wildman–Crippen MR) is 121 cm³/mol. The summed E-state index contributed by atoms with van der Waals surface area (Å²) < 4.78 is 27.4. The van der Waals surface area contributed by atoms with Gasteiger partial charge >= 0.3 is 0 Å². The summed E-state index contributed by atoms with van der Waals surface area (Å²) in [6.07, 6.45) is 0. The Morgan fingerprint density at radius 3 is 2.32 bits per heavy atom. The number of sulfonamides is 1. The number of amides is 1. The largest absolute Gasteiger partial charge is 0.507 e. The summed E-state index contributed by atoms with van der Waals surface area (Å²) in [5, 5.41) is 10.2. The average molecular weight is 458 g/mol. The van der Waals surface area contributed by atoms with Crippen LogP contribution in [-0.2, 0) is 14.8 Å². The van der Waals surface area contributed by atoms with Gasteiger partial charge in [0.1, 0.15) is 12.3 Å². The number of halogens is 1. The topological polar surface area (TPSA) is 98.7 Å². The van der Waals surface area contributed by atoms with Crippen molar-refractivity contribution in [1.29, 1.82) is 0 Å². The summed E-state index contributed by atoms with van der Waals surface area (Å²) in [6, 6.07) is 20.5. The Hall–Kier alpha value is -3.49. The van der Waals surface area contributed by atoms with Crippen molar-refractivity contribution in [1.82, 2.24) is 10.9 Å². The van der Waals surface area contributed by atoms with E-state index in [1.165, 1.54) is 24.3 Å². The second-order valence-electron chi connectivity index (χ2n) is 6.47. The van der Waals surface area contributed by atoms with Gasteiger partial charge in [0.25, 0.3) is 15.9 Å². The number of carbonyl (C=O) groups is 1. The minimum Gasteiger partial charge on any atom is -0.507 e. The molecule has 3 N–H and O–H groups in total. The summed E-state index contributed by atoms with van der Waals surface area (Å²) in [4.78, 5) is 12.6. The highest BCUT2D eigenvalue weighted by atomic mass is 35.5. The second-order valence-corrected chi connectivity index (χ2v) is 8.77. The number of hydrogen-bond acceptors (Lipinski definition) is 5. The first-order valence-electron chi connectivity index (χ1n) is 9.14. The minimum atomic E-state index is -4.04. The molecule has 0 aliphatic heterocycles. The van der Waals surface area contributed by atoms with Crippen LogP contribution in [0, 0.1) is 0 Å². The Labute approximate surface area is 185 Å². The number of aromatic hydroxyl groups is 1. The van der Waals surface area contributed by atoms with Crippen LogP contribution in [0.2, 0.25) is 5.02 Å². The van der Waals surface area contributed by atoms with Crippen molar-refractivity contribution in [3.63, 3.8) is 0 Å². The number of nitrogens with zero attached hydrogens (tertiary/aromatic N) is 1. The zero-order valence-corrected chi connectivity index (χ0v) is 17.9. The van der Waals surface area contributed by atoms with Crippen molar-refractivity contribution in [2.24, 2.45) is 0 Å². The number of benzene rings is 3. The monoisotopic (exact) mass is 457 g/mol. The number of para-hydroxylation sites is 1. The van der Waals surface area contributed by atoms with Crippen LogP contribution in [-0.4, -0.2) is 26.0 Å². The van der Waals surface area contributed by atoms with E-state index in [-0.39, 0.29) is 22.0 Å². The van der Waals surface area contributed by atoms with Gasteiger partial charge < -0.3 is 5.11 Å². The molecule has 0 aliphatic rings. The van der Waals surface area contributed by atoms with E-state index in [1.54, 1.807) is 54.6 Å². The van der Waals surface area contributed by atoms with Crippen LogP contribution in [0.15, 0.2) is 90.3 Å². The zero-order chi connectivity index (χ0) is 22.4. The molecule has 0 saturated carbocycles. The van der Waals surface area contributed by atoms with Crippen molar-refractivity contribution >= 4 is 38.9 Å². The molecule has 3 aromatic rings. The third-order valence-electron chi connectivity index (χ3n) is 4.30. The number of carbonyl (C=O) groups excluding carboxylic acids is 1. The third-order valence-corrected chi connectivity index (χ3v) is 6.32. The van der Waals surface area contributed by atoms with Gasteiger partial charge in [-0.25, -0.2) is 8.42 Å². The Balaban J connectivity index is 1.81. The molecule has 0 fully saturated rings. The van der Waals surface area contributed by atoms with Crippen molar-refractivity contribution in [2.75, 3.05) is 10.8 Å². The number of rotatable bonds is 8. The Bertz CT molecular complexity index is 1200. The van der Waals surface area contributed by atoms with Crippen LogP contribution in [0.4, 0.5) is 5.69 Å². The van der Waals surface area contributed by atoms with E-state index >= 15 is 0 Å². The smallest absolute Gasteiger partial charge is 0.264 e. The van der Waals surface area contributed by atoms with Crippen LogP contribution in [0.25, 0.3) is 5.70 Å². The number of phenols is 1. The maximum Gasteiger partial charge on any atom is 0.264 e. The van der Waals surface area contributed by atoms with E-state index < -0.39 is 22.5 Å². The highest BCUT2D eigenvalue weighted by Crippen LogP contribution is 2.26. The van der Waals surface area contributed by atoms with E-state index in [9.17, 15) is 18.3 Å². The maximum absolute atomic E-state index is 13.2. The third kappa shape index (κ3) is 5.36. The predicted octanol–water partition coefficient (Wildman–Crippen LogP) is 3.53.